The number of anilines is 2. The Balaban J connectivity index is 0.839. The summed E-state index contributed by atoms with van der Waals surface area (Å²) in [6.07, 6.45) is 0. The first-order valence-electron chi connectivity index (χ1n) is 15.8. The number of nitrogens with two attached hydrogens (primary N) is 2. The highest BCUT2D eigenvalue weighted by atomic mass is 16.6. The fourth-order valence-electron chi connectivity index (χ4n) is 4.41. The van der Waals surface area contributed by atoms with Crippen LogP contribution in [-0.4, -0.2) is 116 Å². The Labute approximate surface area is 275 Å². The predicted octanol–water partition coefficient (Wildman–Crippen LogP) is 3.52. The summed E-state index contributed by atoms with van der Waals surface area (Å²) in [4.78, 5) is 8.61. The van der Waals surface area contributed by atoms with E-state index in [4.69, 9.17) is 54.1 Å². The highest BCUT2D eigenvalue weighted by Crippen LogP contribution is 2.27. The lowest BCUT2D eigenvalue weighted by atomic mass is 10.2. The molecule has 2 aromatic carbocycles. The molecule has 4 rings (SSSR count). The van der Waals surface area contributed by atoms with Crippen molar-refractivity contribution in [2.45, 2.75) is 0 Å². The summed E-state index contributed by atoms with van der Waals surface area (Å²) >= 11 is 0. The molecule has 0 spiro atoms. The third-order valence-electron chi connectivity index (χ3n) is 6.60. The molecular formula is C34H46N4O9. The van der Waals surface area contributed by atoms with Gasteiger partial charge in [0.05, 0.1) is 104 Å². The molecule has 256 valence electrons. The van der Waals surface area contributed by atoms with Gasteiger partial charge in [0.15, 0.2) is 0 Å². The van der Waals surface area contributed by atoms with Gasteiger partial charge in [-0.15, -0.1) is 0 Å². The minimum absolute atomic E-state index is 0.409. The van der Waals surface area contributed by atoms with E-state index in [-0.39, 0.29) is 0 Å². The molecule has 13 heteroatoms. The van der Waals surface area contributed by atoms with E-state index in [9.17, 15) is 0 Å². The van der Waals surface area contributed by atoms with Gasteiger partial charge < -0.3 is 54.1 Å². The zero-order chi connectivity index (χ0) is 32.8. The van der Waals surface area contributed by atoms with Crippen molar-refractivity contribution in [3.05, 3.63) is 60.7 Å². The Bertz CT molecular complexity index is 1340. The minimum atomic E-state index is 0.409. The van der Waals surface area contributed by atoms with Crippen LogP contribution < -0.4 is 20.9 Å². The molecule has 0 saturated carbocycles. The van der Waals surface area contributed by atoms with Crippen LogP contribution >= 0.6 is 0 Å². The van der Waals surface area contributed by atoms with E-state index in [0.717, 1.165) is 21.8 Å². The Hall–Kier alpha value is -3.82. The largest absolute Gasteiger partial charge is 0.490 e. The standard InChI is InChI=1S/C34H46N4O9/c35-33-25-31(27-5-1-3-7-29(27)37-33)46-23-21-44-19-17-42-15-13-40-11-9-39-10-12-41-14-16-43-18-20-45-22-24-47-32-26-34(36)38-30-8-4-2-6-28(30)32/h1-8,25-26H,9-24H2,(H2,35,37)(H2,36,38). The number of fused-ring (bicyclic) bond motifs is 2. The molecule has 4 aromatic rings. The van der Waals surface area contributed by atoms with Crippen LogP contribution in [0, 0.1) is 0 Å². The Morgan fingerprint density at radius 1 is 0.383 bits per heavy atom. The van der Waals surface area contributed by atoms with Crippen molar-refractivity contribution in [2.75, 3.05) is 117 Å². The number of hydrogen-bond donors (Lipinski definition) is 2. The topological polar surface area (TPSA) is 161 Å². The van der Waals surface area contributed by atoms with Crippen molar-refractivity contribution in [1.29, 1.82) is 0 Å². The Morgan fingerprint density at radius 2 is 0.660 bits per heavy atom. The van der Waals surface area contributed by atoms with Crippen molar-refractivity contribution in [1.82, 2.24) is 9.97 Å². The van der Waals surface area contributed by atoms with Crippen LogP contribution in [0.15, 0.2) is 60.7 Å². The monoisotopic (exact) mass is 654 g/mol. The maximum atomic E-state index is 5.86. The fourth-order valence-corrected chi connectivity index (χ4v) is 4.41. The lowest BCUT2D eigenvalue weighted by Gasteiger charge is -2.11. The van der Waals surface area contributed by atoms with E-state index in [1.807, 2.05) is 48.5 Å². The van der Waals surface area contributed by atoms with Crippen molar-refractivity contribution >= 4 is 33.4 Å². The fraction of sp³-hybridized carbons (Fsp3) is 0.471. The maximum absolute atomic E-state index is 5.86. The molecule has 0 fully saturated rings. The summed E-state index contributed by atoms with van der Waals surface area (Å²) < 4.78 is 50.4. The first-order chi connectivity index (χ1) is 23.2. The van der Waals surface area contributed by atoms with Gasteiger partial charge in [-0.25, -0.2) is 9.97 Å². The van der Waals surface area contributed by atoms with Gasteiger partial charge in [-0.2, -0.15) is 0 Å². The van der Waals surface area contributed by atoms with Crippen molar-refractivity contribution < 1.29 is 42.6 Å². The van der Waals surface area contributed by atoms with Crippen molar-refractivity contribution in [2.24, 2.45) is 0 Å². The SMILES string of the molecule is Nc1cc(OCCOCCOCCOCCOCCOCCOCCOCCOc2cc(N)nc3ccccc23)c2ccccc2n1. The summed E-state index contributed by atoms with van der Waals surface area (Å²) in [5, 5.41) is 1.84. The molecule has 0 atom stereocenters. The zero-order valence-corrected chi connectivity index (χ0v) is 26.8. The quantitative estimate of drug-likeness (QED) is 0.0948. The van der Waals surface area contributed by atoms with Crippen molar-refractivity contribution in [3.63, 3.8) is 0 Å². The lowest BCUT2D eigenvalue weighted by Crippen LogP contribution is -2.15. The van der Waals surface area contributed by atoms with Gasteiger partial charge >= 0.3 is 0 Å². The van der Waals surface area contributed by atoms with Crippen LogP contribution in [0.5, 0.6) is 11.5 Å². The number of nitrogens with zero attached hydrogens (tertiary/aromatic N) is 2. The number of rotatable bonds is 26. The van der Waals surface area contributed by atoms with Crippen LogP contribution in [0.3, 0.4) is 0 Å². The molecule has 0 amide bonds. The van der Waals surface area contributed by atoms with Gasteiger partial charge in [0.25, 0.3) is 0 Å². The summed E-state index contributed by atoms with van der Waals surface area (Å²) in [6, 6.07) is 18.9. The molecule has 2 aromatic heterocycles. The summed E-state index contributed by atoms with van der Waals surface area (Å²) in [7, 11) is 0. The Morgan fingerprint density at radius 3 is 0.979 bits per heavy atom. The second kappa shape index (κ2) is 21.9. The maximum Gasteiger partial charge on any atom is 0.132 e. The number of benzene rings is 2. The van der Waals surface area contributed by atoms with E-state index >= 15 is 0 Å². The molecule has 2 heterocycles. The van der Waals surface area contributed by atoms with Gasteiger partial charge in [0, 0.05) is 22.9 Å². The lowest BCUT2D eigenvalue weighted by molar-refractivity contribution is -0.0218. The van der Waals surface area contributed by atoms with E-state index < -0.39 is 0 Å². The second-order valence-electron chi connectivity index (χ2n) is 10.1. The summed E-state index contributed by atoms with van der Waals surface area (Å²) in [5.74, 6) is 2.25. The van der Waals surface area contributed by atoms with Gasteiger partial charge in [0.1, 0.15) is 36.3 Å². The Kier molecular flexibility index (Phi) is 16.8. The number of ether oxygens (including phenoxy) is 9. The van der Waals surface area contributed by atoms with Gasteiger partial charge in [-0.3, -0.25) is 0 Å². The number of hydrogen-bond acceptors (Lipinski definition) is 13. The van der Waals surface area contributed by atoms with Gasteiger partial charge in [-0.1, -0.05) is 24.3 Å². The molecule has 0 aliphatic rings. The molecule has 47 heavy (non-hydrogen) atoms. The van der Waals surface area contributed by atoms with Gasteiger partial charge in [0.2, 0.25) is 0 Å². The number of aromatic nitrogens is 2. The number of nitrogen functional groups attached to an aromatic ring is 2. The molecule has 13 nitrogen and oxygen atoms in total. The molecule has 0 saturated heterocycles. The highest BCUT2D eigenvalue weighted by molar-refractivity contribution is 5.87. The van der Waals surface area contributed by atoms with Gasteiger partial charge in [-0.05, 0) is 24.3 Å². The molecular weight excluding hydrogens is 608 g/mol. The first-order valence-corrected chi connectivity index (χ1v) is 15.8. The van der Waals surface area contributed by atoms with Crippen LogP contribution in [0.25, 0.3) is 21.8 Å². The third-order valence-corrected chi connectivity index (χ3v) is 6.60. The zero-order valence-electron chi connectivity index (χ0n) is 26.8. The second-order valence-corrected chi connectivity index (χ2v) is 10.1. The molecule has 0 aliphatic heterocycles. The highest BCUT2D eigenvalue weighted by Gasteiger charge is 2.06. The van der Waals surface area contributed by atoms with Crippen LogP contribution in [0.4, 0.5) is 11.6 Å². The minimum Gasteiger partial charge on any atom is -0.490 e. The average Bonchev–Trinajstić information content (AvgIpc) is 3.08. The van der Waals surface area contributed by atoms with Crippen LogP contribution in [-0.2, 0) is 33.2 Å². The summed E-state index contributed by atoms with van der Waals surface area (Å²) in [5.41, 5.74) is 13.3. The predicted molar refractivity (Wildman–Crippen MR) is 179 cm³/mol. The van der Waals surface area contributed by atoms with E-state index in [1.165, 1.54) is 0 Å². The molecule has 0 unspecified atom stereocenters. The number of para-hydroxylation sites is 2. The third kappa shape index (κ3) is 13.8. The van der Waals surface area contributed by atoms with E-state index in [2.05, 4.69) is 9.97 Å². The molecule has 0 aliphatic carbocycles. The van der Waals surface area contributed by atoms with Crippen LogP contribution in [0.2, 0.25) is 0 Å². The first kappa shape index (κ1) is 36.0. The van der Waals surface area contributed by atoms with E-state index in [1.54, 1.807) is 12.1 Å². The van der Waals surface area contributed by atoms with Crippen molar-refractivity contribution in [3.8, 4) is 11.5 Å². The molecule has 0 radical (unpaired) electrons. The normalized spacial score (nSPS) is 11.4. The summed E-state index contributed by atoms with van der Waals surface area (Å²) in [6.45, 7) is 7.55. The van der Waals surface area contributed by atoms with Crippen LogP contribution in [0.1, 0.15) is 0 Å². The smallest absolute Gasteiger partial charge is 0.132 e. The van der Waals surface area contributed by atoms with E-state index in [0.29, 0.717) is 129 Å². The molecule has 4 N–H and O–H groups in total. The average molecular weight is 655 g/mol. The molecule has 0 bridgehead atoms. The number of pyridine rings is 2.